The molecular formula is C21H25FN2O2. The molecule has 0 saturated carbocycles. The number of anilines is 1. The first-order chi connectivity index (χ1) is 12.4. The number of hydrogen-bond donors (Lipinski definition) is 2. The van der Waals surface area contributed by atoms with E-state index in [9.17, 15) is 14.0 Å². The Kier molecular flexibility index (Phi) is 7.33. The summed E-state index contributed by atoms with van der Waals surface area (Å²) < 4.78 is 13.6. The van der Waals surface area contributed by atoms with Crippen LogP contribution < -0.4 is 10.6 Å². The van der Waals surface area contributed by atoms with E-state index in [2.05, 4.69) is 10.6 Å². The number of benzene rings is 2. The highest BCUT2D eigenvalue weighted by Crippen LogP contribution is 2.13. The lowest BCUT2D eigenvalue weighted by molar-refractivity contribution is -0.121. The molecule has 0 radical (unpaired) electrons. The van der Waals surface area contributed by atoms with Gasteiger partial charge >= 0.3 is 0 Å². The molecule has 2 aromatic carbocycles. The number of nitrogens with one attached hydrogen (secondary N) is 2. The molecule has 0 aliphatic heterocycles. The number of carbonyl (C=O) groups excluding carboxylic acids is 2. The maximum atomic E-state index is 13.6. The van der Waals surface area contributed by atoms with Crippen LogP contribution in [0.4, 0.5) is 10.1 Å². The highest BCUT2D eigenvalue weighted by atomic mass is 19.1. The molecule has 0 aliphatic carbocycles. The lowest BCUT2D eigenvalue weighted by atomic mass is 10.1. The van der Waals surface area contributed by atoms with E-state index in [1.807, 2.05) is 38.1 Å². The number of hydrogen-bond acceptors (Lipinski definition) is 2. The molecule has 0 fully saturated rings. The van der Waals surface area contributed by atoms with Crippen molar-refractivity contribution < 1.29 is 14.0 Å². The number of halogens is 1. The van der Waals surface area contributed by atoms with E-state index < -0.39 is 0 Å². The second kappa shape index (κ2) is 9.70. The molecule has 2 aromatic rings. The summed E-state index contributed by atoms with van der Waals surface area (Å²) in [7, 11) is 0. The molecule has 0 aromatic heterocycles. The van der Waals surface area contributed by atoms with Crippen molar-refractivity contribution in [3.8, 4) is 0 Å². The highest BCUT2D eigenvalue weighted by molar-refractivity contribution is 5.90. The molecule has 138 valence electrons. The van der Waals surface area contributed by atoms with Gasteiger partial charge in [-0.1, -0.05) is 44.2 Å². The molecule has 0 heterocycles. The van der Waals surface area contributed by atoms with E-state index in [1.165, 1.54) is 6.07 Å². The minimum atomic E-state index is -0.287. The van der Waals surface area contributed by atoms with Gasteiger partial charge < -0.3 is 10.6 Å². The Hall–Kier alpha value is -2.69. The third-order valence-electron chi connectivity index (χ3n) is 3.87. The first kappa shape index (κ1) is 19.6. The molecule has 2 rings (SSSR count). The average molecular weight is 356 g/mol. The molecule has 0 bridgehead atoms. The molecule has 0 unspecified atom stereocenters. The maximum Gasteiger partial charge on any atom is 0.224 e. The van der Waals surface area contributed by atoms with Gasteiger partial charge in [-0.15, -0.1) is 0 Å². The zero-order valence-corrected chi connectivity index (χ0v) is 15.2. The average Bonchev–Trinajstić information content (AvgIpc) is 2.59. The Labute approximate surface area is 153 Å². The molecular weight excluding hydrogens is 331 g/mol. The summed E-state index contributed by atoms with van der Waals surface area (Å²) >= 11 is 0. The van der Waals surface area contributed by atoms with Gasteiger partial charge in [-0.25, -0.2) is 4.39 Å². The van der Waals surface area contributed by atoms with E-state index in [0.29, 0.717) is 36.6 Å². The highest BCUT2D eigenvalue weighted by Gasteiger charge is 2.07. The summed E-state index contributed by atoms with van der Waals surface area (Å²) in [6.07, 6.45) is 1.06. The lowest BCUT2D eigenvalue weighted by Gasteiger charge is -2.10. The smallest absolute Gasteiger partial charge is 0.224 e. The van der Waals surface area contributed by atoms with Crippen LogP contribution in [-0.4, -0.2) is 11.8 Å². The normalized spacial score (nSPS) is 10.6. The molecule has 0 saturated heterocycles. The quantitative estimate of drug-likeness (QED) is 0.749. The fourth-order valence-electron chi connectivity index (χ4n) is 2.58. The van der Waals surface area contributed by atoms with Crippen LogP contribution in [0.5, 0.6) is 0 Å². The van der Waals surface area contributed by atoms with Gasteiger partial charge in [0.1, 0.15) is 5.82 Å². The predicted octanol–water partition coefficient (Wildman–Crippen LogP) is 4.06. The molecule has 2 N–H and O–H groups in total. The standard InChI is InChI=1S/C21H25FN2O2/c1-15(2)12-21(26)24-18-8-5-6-16(13-18)14-23-20(25)11-10-17-7-3-4-9-19(17)22/h3-9,13,15H,10-12,14H2,1-2H3,(H,23,25)(H,24,26). The number of carbonyl (C=O) groups is 2. The van der Waals surface area contributed by atoms with E-state index >= 15 is 0 Å². The van der Waals surface area contributed by atoms with Crippen LogP contribution in [-0.2, 0) is 22.6 Å². The monoisotopic (exact) mass is 356 g/mol. The zero-order chi connectivity index (χ0) is 18.9. The van der Waals surface area contributed by atoms with Crippen LogP contribution in [0.2, 0.25) is 0 Å². The van der Waals surface area contributed by atoms with Gasteiger partial charge in [-0.2, -0.15) is 0 Å². The Morgan fingerprint density at radius 1 is 1.04 bits per heavy atom. The number of aryl methyl sites for hydroxylation is 1. The van der Waals surface area contributed by atoms with Crippen molar-refractivity contribution in [1.29, 1.82) is 0 Å². The Balaban J connectivity index is 1.81. The van der Waals surface area contributed by atoms with E-state index in [1.54, 1.807) is 18.2 Å². The molecule has 0 atom stereocenters. The van der Waals surface area contributed by atoms with Crippen molar-refractivity contribution in [2.45, 2.75) is 39.7 Å². The van der Waals surface area contributed by atoms with Crippen LogP contribution in [0.15, 0.2) is 48.5 Å². The predicted molar refractivity (Wildman–Crippen MR) is 101 cm³/mol. The van der Waals surface area contributed by atoms with Gasteiger partial charge in [-0.3, -0.25) is 9.59 Å². The molecule has 2 amide bonds. The van der Waals surface area contributed by atoms with Crippen LogP contribution in [0.3, 0.4) is 0 Å². The molecule has 5 heteroatoms. The second-order valence-electron chi connectivity index (χ2n) is 6.71. The minimum absolute atomic E-state index is 0.0222. The van der Waals surface area contributed by atoms with Crippen molar-refractivity contribution in [3.05, 3.63) is 65.5 Å². The van der Waals surface area contributed by atoms with E-state index in [-0.39, 0.29) is 24.1 Å². The van der Waals surface area contributed by atoms with Crippen LogP contribution in [0.1, 0.15) is 37.8 Å². The summed E-state index contributed by atoms with van der Waals surface area (Å²) in [6, 6.07) is 13.9. The zero-order valence-electron chi connectivity index (χ0n) is 15.2. The Morgan fingerprint density at radius 3 is 2.54 bits per heavy atom. The van der Waals surface area contributed by atoms with Gasteiger partial charge in [0, 0.05) is 25.1 Å². The molecule has 0 spiro atoms. The number of amides is 2. The van der Waals surface area contributed by atoms with Gasteiger partial charge in [0.25, 0.3) is 0 Å². The molecule has 26 heavy (non-hydrogen) atoms. The van der Waals surface area contributed by atoms with Gasteiger partial charge in [0.2, 0.25) is 11.8 Å². The van der Waals surface area contributed by atoms with Gasteiger partial charge in [0.05, 0.1) is 0 Å². The topological polar surface area (TPSA) is 58.2 Å². The second-order valence-corrected chi connectivity index (χ2v) is 6.71. The molecule has 0 aliphatic rings. The summed E-state index contributed by atoms with van der Waals surface area (Å²) in [6.45, 7) is 4.35. The fourth-order valence-corrected chi connectivity index (χ4v) is 2.58. The van der Waals surface area contributed by atoms with Crippen molar-refractivity contribution in [2.75, 3.05) is 5.32 Å². The van der Waals surface area contributed by atoms with E-state index in [0.717, 1.165) is 5.56 Å². The first-order valence-corrected chi connectivity index (χ1v) is 8.83. The largest absolute Gasteiger partial charge is 0.352 e. The number of rotatable bonds is 8. The third kappa shape index (κ3) is 6.67. The lowest BCUT2D eigenvalue weighted by Crippen LogP contribution is -2.23. The van der Waals surface area contributed by atoms with Gasteiger partial charge in [0.15, 0.2) is 0 Å². The first-order valence-electron chi connectivity index (χ1n) is 8.83. The maximum absolute atomic E-state index is 13.6. The van der Waals surface area contributed by atoms with Crippen molar-refractivity contribution in [3.63, 3.8) is 0 Å². The summed E-state index contributed by atoms with van der Waals surface area (Å²) in [5.74, 6) is -0.148. The Morgan fingerprint density at radius 2 is 1.81 bits per heavy atom. The third-order valence-corrected chi connectivity index (χ3v) is 3.87. The fraction of sp³-hybridized carbons (Fsp3) is 0.333. The van der Waals surface area contributed by atoms with Crippen molar-refractivity contribution >= 4 is 17.5 Å². The summed E-state index contributed by atoms with van der Waals surface area (Å²) in [5, 5.41) is 5.69. The summed E-state index contributed by atoms with van der Waals surface area (Å²) in [5.41, 5.74) is 2.15. The van der Waals surface area contributed by atoms with E-state index in [4.69, 9.17) is 0 Å². The van der Waals surface area contributed by atoms with Crippen molar-refractivity contribution in [2.24, 2.45) is 5.92 Å². The van der Waals surface area contributed by atoms with Gasteiger partial charge in [-0.05, 0) is 41.7 Å². The van der Waals surface area contributed by atoms with Crippen molar-refractivity contribution in [1.82, 2.24) is 5.32 Å². The van der Waals surface area contributed by atoms with Crippen LogP contribution >= 0.6 is 0 Å². The van der Waals surface area contributed by atoms with Crippen LogP contribution in [0.25, 0.3) is 0 Å². The Bertz CT molecular complexity index is 759. The SMILES string of the molecule is CC(C)CC(=O)Nc1cccc(CNC(=O)CCc2ccccc2F)c1. The molecule has 4 nitrogen and oxygen atoms in total. The minimum Gasteiger partial charge on any atom is -0.352 e. The summed E-state index contributed by atoms with van der Waals surface area (Å²) in [4.78, 5) is 23.8. The van der Waals surface area contributed by atoms with Crippen LogP contribution in [0, 0.1) is 11.7 Å².